The lowest BCUT2D eigenvalue weighted by atomic mass is 9.39. The van der Waals surface area contributed by atoms with E-state index in [4.69, 9.17) is 9.84 Å². The van der Waals surface area contributed by atoms with E-state index in [0.717, 1.165) is 50.2 Å². The van der Waals surface area contributed by atoms with Gasteiger partial charge in [0, 0.05) is 36.1 Å². The molecule has 7 heteroatoms. The number of likely N-dealkylation sites (N-methyl/N-ethyl adjacent to an activating group) is 1. The zero-order valence-corrected chi connectivity index (χ0v) is 20.3. The van der Waals surface area contributed by atoms with Crippen molar-refractivity contribution in [3.8, 4) is 11.1 Å². The largest absolute Gasteiger partial charge is 0.476 e. The molecule has 4 aliphatic rings. The third-order valence-electron chi connectivity index (χ3n) is 8.30. The molecule has 7 nitrogen and oxygen atoms in total. The lowest BCUT2D eigenvalue weighted by Crippen LogP contribution is -2.64. The molecule has 2 aromatic heterocycles. The van der Waals surface area contributed by atoms with Crippen molar-refractivity contribution in [1.29, 1.82) is 0 Å². The summed E-state index contributed by atoms with van der Waals surface area (Å²) in [4.78, 5) is 15.8. The van der Waals surface area contributed by atoms with Gasteiger partial charge in [0.2, 0.25) is 0 Å². The number of carbonyl (C=O) groups is 1. The second kappa shape index (κ2) is 7.64. The Bertz CT molecular complexity index is 1060. The summed E-state index contributed by atoms with van der Waals surface area (Å²) in [6.07, 6.45) is 10.4. The number of ether oxygens (including phenoxy) is 1. The number of carboxylic acids is 1. The minimum Gasteiger partial charge on any atom is -0.476 e. The highest BCUT2D eigenvalue weighted by atomic mass is 16.5. The fourth-order valence-electron chi connectivity index (χ4n) is 8.50. The first-order valence-electron chi connectivity index (χ1n) is 12.1. The van der Waals surface area contributed by atoms with E-state index in [9.17, 15) is 9.90 Å². The molecule has 33 heavy (non-hydrogen) atoms. The summed E-state index contributed by atoms with van der Waals surface area (Å²) >= 11 is 0. The molecule has 4 aliphatic carbocycles. The second-order valence-corrected chi connectivity index (χ2v) is 11.8. The van der Waals surface area contributed by atoms with Crippen molar-refractivity contribution >= 4 is 5.97 Å². The maximum atomic E-state index is 11.7. The van der Waals surface area contributed by atoms with E-state index >= 15 is 0 Å². The molecule has 0 radical (unpaired) electrons. The smallest absolute Gasteiger partial charge is 0.355 e. The molecular formula is C26H36N4O3. The van der Waals surface area contributed by atoms with E-state index in [-0.39, 0.29) is 16.7 Å². The van der Waals surface area contributed by atoms with Crippen molar-refractivity contribution < 1.29 is 14.6 Å². The Labute approximate surface area is 195 Å². The number of hydrogen-bond acceptors (Lipinski definition) is 5. The molecule has 2 aromatic rings. The highest BCUT2D eigenvalue weighted by Crippen LogP contribution is 2.72. The topological polar surface area (TPSA) is 89.3 Å². The van der Waals surface area contributed by atoms with Crippen molar-refractivity contribution in [1.82, 2.24) is 20.1 Å². The van der Waals surface area contributed by atoms with Crippen LogP contribution in [0.15, 0.2) is 24.5 Å². The molecule has 0 saturated heterocycles. The van der Waals surface area contributed by atoms with Crippen LogP contribution in [0, 0.1) is 23.2 Å². The number of rotatable bonds is 8. The van der Waals surface area contributed by atoms with Crippen molar-refractivity contribution in [3.05, 3.63) is 35.9 Å². The van der Waals surface area contributed by atoms with Crippen LogP contribution < -0.4 is 5.32 Å². The molecule has 0 aromatic carbocycles. The zero-order chi connectivity index (χ0) is 23.5. The molecule has 4 saturated carbocycles. The van der Waals surface area contributed by atoms with Crippen LogP contribution in [-0.2, 0) is 11.3 Å². The molecule has 2 atom stereocenters. The summed E-state index contributed by atoms with van der Waals surface area (Å²) in [7, 11) is 1.98. The molecule has 4 bridgehead atoms. The molecule has 4 fully saturated rings. The highest BCUT2D eigenvalue weighted by Gasteiger charge is 2.66. The van der Waals surface area contributed by atoms with Crippen LogP contribution in [0.4, 0.5) is 0 Å². The van der Waals surface area contributed by atoms with Crippen LogP contribution >= 0.6 is 0 Å². The first-order chi connectivity index (χ1) is 15.6. The average Bonchev–Trinajstić information content (AvgIpc) is 3.04. The average molecular weight is 453 g/mol. The molecule has 2 unspecified atom stereocenters. The number of nitrogens with one attached hydrogen (secondary N) is 1. The SMILES string of the molecule is CNCCOC12CC3(C)CC(C)(CC(Cn4ncc(-c5cccnc5C(=O)O)c4C)(C3)C1)C2. The molecule has 2 N–H and O–H groups in total. The predicted molar refractivity (Wildman–Crippen MR) is 126 cm³/mol. The van der Waals surface area contributed by atoms with E-state index in [2.05, 4.69) is 28.8 Å². The van der Waals surface area contributed by atoms with Gasteiger partial charge in [0.15, 0.2) is 5.69 Å². The van der Waals surface area contributed by atoms with Crippen LogP contribution in [0.2, 0.25) is 0 Å². The molecular weight excluding hydrogens is 416 g/mol. The highest BCUT2D eigenvalue weighted by molar-refractivity contribution is 5.94. The maximum absolute atomic E-state index is 11.7. The van der Waals surface area contributed by atoms with Crippen LogP contribution in [-0.4, -0.2) is 51.6 Å². The molecule has 0 spiro atoms. The Balaban J connectivity index is 1.47. The summed E-state index contributed by atoms with van der Waals surface area (Å²) in [5, 5.41) is 17.6. The number of aromatic carboxylic acids is 1. The Kier molecular flexibility index (Phi) is 5.21. The molecule has 6 rings (SSSR count). The van der Waals surface area contributed by atoms with E-state index < -0.39 is 5.97 Å². The van der Waals surface area contributed by atoms with Crippen molar-refractivity contribution in [3.63, 3.8) is 0 Å². The van der Waals surface area contributed by atoms with Gasteiger partial charge in [0.05, 0.1) is 18.4 Å². The van der Waals surface area contributed by atoms with Crippen LogP contribution in [0.25, 0.3) is 11.1 Å². The summed E-state index contributed by atoms with van der Waals surface area (Å²) in [5.74, 6) is -1.01. The number of aromatic nitrogens is 3. The van der Waals surface area contributed by atoms with E-state index in [1.165, 1.54) is 25.5 Å². The van der Waals surface area contributed by atoms with Gasteiger partial charge < -0.3 is 15.2 Å². The van der Waals surface area contributed by atoms with Crippen molar-refractivity contribution in [2.45, 2.75) is 71.4 Å². The molecule has 0 aliphatic heterocycles. The minimum atomic E-state index is -1.01. The third-order valence-corrected chi connectivity index (χ3v) is 8.30. The number of nitrogens with zero attached hydrogens (tertiary/aromatic N) is 3. The van der Waals surface area contributed by atoms with Crippen LogP contribution in [0.1, 0.15) is 68.6 Å². The monoisotopic (exact) mass is 452 g/mol. The molecule has 2 heterocycles. The van der Waals surface area contributed by atoms with Crippen molar-refractivity contribution in [2.24, 2.45) is 16.2 Å². The summed E-state index contributed by atoms with van der Waals surface area (Å²) in [6.45, 7) is 9.45. The Hall–Kier alpha value is -2.25. The molecule has 0 amide bonds. The fraction of sp³-hybridized carbons (Fsp3) is 0.654. The fourth-order valence-corrected chi connectivity index (χ4v) is 8.50. The number of carboxylic acid groups (broad SMARTS) is 1. The third kappa shape index (κ3) is 3.89. The van der Waals surface area contributed by atoms with E-state index in [1.807, 2.05) is 26.2 Å². The van der Waals surface area contributed by atoms with Crippen LogP contribution in [0.5, 0.6) is 0 Å². The summed E-state index contributed by atoms with van der Waals surface area (Å²) in [6, 6.07) is 3.60. The quantitative estimate of drug-likeness (QED) is 0.580. The van der Waals surface area contributed by atoms with E-state index in [0.29, 0.717) is 16.4 Å². The van der Waals surface area contributed by atoms with Gasteiger partial charge >= 0.3 is 5.97 Å². The normalized spacial score (nSPS) is 34.7. The number of hydrogen-bond donors (Lipinski definition) is 2. The Morgan fingerprint density at radius 3 is 2.55 bits per heavy atom. The maximum Gasteiger partial charge on any atom is 0.355 e. The van der Waals surface area contributed by atoms with E-state index in [1.54, 1.807) is 6.07 Å². The summed E-state index contributed by atoms with van der Waals surface area (Å²) < 4.78 is 8.76. The first kappa shape index (κ1) is 22.5. The van der Waals surface area contributed by atoms with Gasteiger partial charge in [-0.05, 0) is 74.8 Å². The standard InChI is InChI=1S/C26H36N4O3/c1-18-20(19-6-5-7-28-21(19)22(31)32)10-29-30(18)17-25-12-23(2)11-24(3,13-25)15-26(14-23,16-25)33-9-8-27-4/h5-7,10,27H,8-9,11-17H2,1-4H3,(H,31,32). The van der Waals surface area contributed by atoms with Gasteiger partial charge in [-0.15, -0.1) is 0 Å². The van der Waals surface area contributed by atoms with Gasteiger partial charge in [0.25, 0.3) is 0 Å². The second-order valence-electron chi connectivity index (χ2n) is 11.8. The zero-order valence-electron chi connectivity index (χ0n) is 20.3. The minimum absolute atomic E-state index is 0.0428. The van der Waals surface area contributed by atoms with Gasteiger partial charge in [-0.2, -0.15) is 5.10 Å². The Morgan fingerprint density at radius 2 is 1.88 bits per heavy atom. The number of pyridine rings is 1. The van der Waals surface area contributed by atoms with Gasteiger partial charge in [-0.3, -0.25) is 4.68 Å². The molecule has 178 valence electrons. The van der Waals surface area contributed by atoms with Crippen LogP contribution in [0.3, 0.4) is 0 Å². The lowest BCUT2D eigenvalue weighted by Gasteiger charge is -2.69. The van der Waals surface area contributed by atoms with Gasteiger partial charge in [-0.25, -0.2) is 9.78 Å². The first-order valence-corrected chi connectivity index (χ1v) is 12.1. The summed E-state index contributed by atoms with van der Waals surface area (Å²) in [5.41, 5.74) is 3.26. The van der Waals surface area contributed by atoms with Gasteiger partial charge in [0.1, 0.15) is 0 Å². The Morgan fingerprint density at radius 1 is 1.15 bits per heavy atom. The van der Waals surface area contributed by atoms with Crippen molar-refractivity contribution in [2.75, 3.05) is 20.2 Å². The predicted octanol–water partition coefficient (Wildman–Crippen LogP) is 4.31. The lowest BCUT2D eigenvalue weighted by molar-refractivity contribution is -0.247. The van der Waals surface area contributed by atoms with Gasteiger partial charge in [-0.1, -0.05) is 19.9 Å².